The molecule has 11 heteroatoms. The number of hydrogen-bond donors (Lipinski definition) is 3. The summed E-state index contributed by atoms with van der Waals surface area (Å²) in [5.74, 6) is -0.302. The molecule has 122 valence electrons. The van der Waals surface area contributed by atoms with Gasteiger partial charge in [-0.2, -0.15) is 21.6 Å². The van der Waals surface area contributed by atoms with E-state index in [-0.39, 0.29) is 16.6 Å². The highest BCUT2D eigenvalue weighted by molar-refractivity contribution is 7.88. The Balaban J connectivity index is 2.50. The molecule has 22 heavy (non-hydrogen) atoms. The molecule has 0 saturated heterocycles. The summed E-state index contributed by atoms with van der Waals surface area (Å²) in [4.78, 5) is 2.69. The second-order valence-electron chi connectivity index (χ2n) is 4.15. The number of alkyl halides is 3. The number of nitrogens with two attached hydrogens (primary N) is 1. The van der Waals surface area contributed by atoms with E-state index in [1.54, 1.807) is 6.92 Å². The van der Waals surface area contributed by atoms with Crippen molar-refractivity contribution in [3.8, 4) is 11.6 Å². The number of aromatic amines is 1. The lowest BCUT2D eigenvalue weighted by atomic mass is 10.2. The molecule has 0 saturated carbocycles. The minimum absolute atomic E-state index is 0.125. The molecule has 3 N–H and O–H groups in total. The summed E-state index contributed by atoms with van der Waals surface area (Å²) >= 11 is 4.16. The molecule has 1 aromatic carbocycles. The van der Waals surface area contributed by atoms with Crippen LogP contribution in [0.1, 0.15) is 6.92 Å². The molecule has 0 bridgehead atoms. The van der Waals surface area contributed by atoms with Gasteiger partial charge in [-0.3, -0.25) is 0 Å². The molecule has 0 aliphatic carbocycles. The fourth-order valence-corrected chi connectivity index (χ4v) is 2.39. The number of thiol groups is 1. The van der Waals surface area contributed by atoms with E-state index in [0.717, 1.165) is 6.07 Å². The summed E-state index contributed by atoms with van der Waals surface area (Å²) in [6, 6.07) is 2.48. The van der Waals surface area contributed by atoms with E-state index in [2.05, 4.69) is 21.8 Å². The fourth-order valence-electron chi connectivity index (χ4n) is 1.72. The fraction of sp³-hybridized carbons (Fsp3) is 0.273. The maximum atomic E-state index is 12.3. The molecular weight excluding hydrogens is 345 g/mol. The summed E-state index contributed by atoms with van der Waals surface area (Å²) in [7, 11) is -5.76. The van der Waals surface area contributed by atoms with Crippen molar-refractivity contribution in [1.29, 1.82) is 0 Å². The van der Waals surface area contributed by atoms with Crippen LogP contribution >= 0.6 is 12.6 Å². The molecule has 6 nitrogen and oxygen atoms in total. The summed E-state index contributed by atoms with van der Waals surface area (Å²) < 4.78 is 68.1. The maximum Gasteiger partial charge on any atom is 0.534 e. The zero-order chi connectivity index (χ0) is 16.7. The van der Waals surface area contributed by atoms with Crippen LogP contribution in [0.25, 0.3) is 10.9 Å². The van der Waals surface area contributed by atoms with Crippen LogP contribution < -0.4 is 14.7 Å². The van der Waals surface area contributed by atoms with Crippen LogP contribution in [0.3, 0.4) is 0 Å². The number of nitrogen functional groups attached to an aromatic ring is 1. The number of nitrogens with one attached hydrogen (secondary N) is 1. The van der Waals surface area contributed by atoms with Gasteiger partial charge in [-0.25, -0.2) is 0 Å². The lowest BCUT2D eigenvalue weighted by Gasteiger charge is -2.09. The predicted molar refractivity (Wildman–Crippen MR) is 76.7 cm³/mol. The average molecular weight is 356 g/mol. The Kier molecular flexibility index (Phi) is 4.13. The van der Waals surface area contributed by atoms with Gasteiger partial charge in [0.2, 0.25) is 5.88 Å². The van der Waals surface area contributed by atoms with Gasteiger partial charge >= 0.3 is 15.6 Å². The third kappa shape index (κ3) is 2.90. The molecule has 0 aliphatic rings. The zero-order valence-electron chi connectivity index (χ0n) is 11.1. The van der Waals surface area contributed by atoms with Gasteiger partial charge in [0.1, 0.15) is 5.75 Å². The normalized spacial score (nSPS) is 12.6. The Morgan fingerprint density at radius 2 is 2.00 bits per heavy atom. The smallest absolute Gasteiger partial charge is 0.493 e. The molecule has 2 rings (SSSR count). The van der Waals surface area contributed by atoms with Crippen LogP contribution in [0, 0.1) is 0 Å². The predicted octanol–water partition coefficient (Wildman–Crippen LogP) is 2.67. The first kappa shape index (κ1) is 16.6. The van der Waals surface area contributed by atoms with Crippen LogP contribution in [0.15, 0.2) is 17.0 Å². The minimum Gasteiger partial charge on any atom is -0.493 e. The average Bonchev–Trinajstić information content (AvgIpc) is 2.76. The number of hydrogen-bond acceptors (Lipinski definition) is 6. The van der Waals surface area contributed by atoms with Crippen molar-refractivity contribution in [3.05, 3.63) is 12.1 Å². The van der Waals surface area contributed by atoms with Gasteiger partial charge in [0.25, 0.3) is 0 Å². The van der Waals surface area contributed by atoms with Crippen molar-refractivity contribution in [3.63, 3.8) is 0 Å². The number of benzene rings is 1. The molecule has 0 spiro atoms. The lowest BCUT2D eigenvalue weighted by molar-refractivity contribution is -0.0501. The number of halogens is 3. The first-order chi connectivity index (χ1) is 10.1. The quantitative estimate of drug-likeness (QED) is 0.339. The van der Waals surface area contributed by atoms with E-state index in [1.165, 1.54) is 6.07 Å². The van der Waals surface area contributed by atoms with Crippen molar-refractivity contribution in [2.45, 2.75) is 17.3 Å². The van der Waals surface area contributed by atoms with Crippen LogP contribution in [-0.4, -0.2) is 25.5 Å². The largest absolute Gasteiger partial charge is 0.534 e. The number of fused-ring (bicyclic) bond motifs is 1. The molecule has 2 aromatic rings. The van der Waals surface area contributed by atoms with Gasteiger partial charge in [0.15, 0.2) is 0 Å². The van der Waals surface area contributed by atoms with E-state index >= 15 is 0 Å². The van der Waals surface area contributed by atoms with Gasteiger partial charge in [0.05, 0.1) is 22.7 Å². The first-order valence-electron chi connectivity index (χ1n) is 5.84. The third-order valence-electron chi connectivity index (χ3n) is 2.66. The van der Waals surface area contributed by atoms with Gasteiger partial charge in [-0.15, -0.1) is 12.6 Å². The Hall–Kier alpha value is -1.75. The van der Waals surface area contributed by atoms with Crippen LogP contribution in [0.4, 0.5) is 18.9 Å². The third-order valence-corrected chi connectivity index (χ3v) is 4.09. The van der Waals surface area contributed by atoms with E-state index in [9.17, 15) is 21.6 Å². The van der Waals surface area contributed by atoms with Crippen molar-refractivity contribution in [2.75, 3.05) is 12.3 Å². The zero-order valence-corrected chi connectivity index (χ0v) is 12.8. The molecule has 0 fully saturated rings. The van der Waals surface area contributed by atoms with Crippen LogP contribution in [-0.2, 0) is 10.1 Å². The standard InChI is InChI=1S/C11H11F3N2O4S2/c1-2-19-7-4-6-5(9(15)10(7)21)3-8(16-6)20-22(17,18)11(12,13)14/h3-4,16,21H,2,15H2,1H3. The number of anilines is 1. The molecule has 0 radical (unpaired) electrons. The highest BCUT2D eigenvalue weighted by atomic mass is 32.2. The van der Waals surface area contributed by atoms with E-state index in [1.807, 2.05) is 0 Å². The number of ether oxygens (including phenoxy) is 1. The Morgan fingerprint density at radius 1 is 1.36 bits per heavy atom. The molecule has 0 unspecified atom stereocenters. The molecule has 0 amide bonds. The first-order valence-corrected chi connectivity index (χ1v) is 7.70. The molecule has 1 aromatic heterocycles. The Labute approximate surface area is 128 Å². The van der Waals surface area contributed by atoms with Crippen molar-refractivity contribution in [2.24, 2.45) is 0 Å². The second kappa shape index (κ2) is 5.47. The van der Waals surface area contributed by atoms with Gasteiger partial charge < -0.3 is 19.6 Å². The summed E-state index contributed by atoms with van der Waals surface area (Å²) in [6.07, 6.45) is 0. The van der Waals surface area contributed by atoms with E-state index < -0.39 is 21.5 Å². The molecule has 0 aliphatic heterocycles. The number of rotatable bonds is 4. The lowest BCUT2D eigenvalue weighted by Crippen LogP contribution is -2.28. The van der Waals surface area contributed by atoms with Crippen molar-refractivity contribution in [1.82, 2.24) is 4.98 Å². The summed E-state index contributed by atoms with van der Waals surface area (Å²) in [6.45, 7) is 2.05. The van der Waals surface area contributed by atoms with Gasteiger partial charge in [0, 0.05) is 17.5 Å². The topological polar surface area (TPSA) is 94.4 Å². The molecule has 1 heterocycles. The summed E-state index contributed by atoms with van der Waals surface area (Å²) in [5, 5.41) is 0.265. The number of aromatic nitrogens is 1. The van der Waals surface area contributed by atoms with E-state index in [4.69, 9.17) is 10.5 Å². The monoisotopic (exact) mass is 356 g/mol. The SMILES string of the molecule is CCOc1cc2[nH]c(OS(=O)(=O)C(F)(F)F)cc2c(N)c1S. The van der Waals surface area contributed by atoms with Crippen molar-refractivity contribution >= 4 is 39.3 Å². The van der Waals surface area contributed by atoms with Crippen molar-refractivity contribution < 1.29 is 30.5 Å². The maximum absolute atomic E-state index is 12.3. The summed E-state index contributed by atoms with van der Waals surface area (Å²) in [5.41, 5.74) is 0.662. The highest BCUT2D eigenvalue weighted by Crippen LogP contribution is 2.38. The molecule has 0 atom stereocenters. The Morgan fingerprint density at radius 3 is 2.55 bits per heavy atom. The molecular formula is C11H11F3N2O4S2. The number of H-pyrrole nitrogens is 1. The Bertz CT molecular complexity index is 815. The van der Waals surface area contributed by atoms with Gasteiger partial charge in [-0.1, -0.05) is 0 Å². The van der Waals surface area contributed by atoms with E-state index in [0.29, 0.717) is 17.3 Å². The highest BCUT2D eigenvalue weighted by Gasteiger charge is 2.48. The second-order valence-corrected chi connectivity index (χ2v) is 6.13. The van der Waals surface area contributed by atoms with Crippen LogP contribution in [0.2, 0.25) is 0 Å². The van der Waals surface area contributed by atoms with Crippen LogP contribution in [0.5, 0.6) is 11.6 Å². The minimum atomic E-state index is -5.76. The van der Waals surface area contributed by atoms with Gasteiger partial charge in [-0.05, 0) is 6.92 Å².